The van der Waals surface area contributed by atoms with Crippen molar-refractivity contribution in [3.8, 4) is 0 Å². The van der Waals surface area contributed by atoms with Gasteiger partial charge >= 0.3 is 5.97 Å². The third kappa shape index (κ3) is 6.07. The van der Waals surface area contributed by atoms with Gasteiger partial charge in [0.2, 0.25) is 0 Å². The Hall–Kier alpha value is -1.20. The minimum absolute atomic E-state index is 0.0793. The second-order valence-corrected chi connectivity index (χ2v) is 6.78. The molecule has 2 aromatic rings. The predicted molar refractivity (Wildman–Crippen MR) is 95.7 cm³/mol. The van der Waals surface area contributed by atoms with Gasteiger partial charge in [-0.1, -0.05) is 47.5 Å². The summed E-state index contributed by atoms with van der Waals surface area (Å²) in [5.74, 6) is -0.123. The van der Waals surface area contributed by atoms with E-state index in [1.165, 1.54) is 11.8 Å². The predicted octanol–water partition coefficient (Wildman–Crippen LogP) is 4.92. The number of thioether (sulfide) groups is 1. The second-order valence-electron chi connectivity index (χ2n) is 4.80. The van der Waals surface area contributed by atoms with Gasteiger partial charge in [0.25, 0.3) is 0 Å². The van der Waals surface area contributed by atoms with Crippen molar-refractivity contribution < 1.29 is 14.6 Å². The van der Waals surface area contributed by atoms with Crippen LogP contribution in [0.15, 0.2) is 48.5 Å². The van der Waals surface area contributed by atoms with Crippen molar-refractivity contribution >= 4 is 40.9 Å². The number of aliphatic carboxylic acids is 1. The van der Waals surface area contributed by atoms with E-state index in [0.717, 1.165) is 11.1 Å². The molecule has 0 saturated carbocycles. The molecule has 2 rings (SSSR count). The lowest BCUT2D eigenvalue weighted by atomic mass is 10.0. The van der Waals surface area contributed by atoms with Crippen molar-refractivity contribution in [2.75, 3.05) is 18.1 Å². The standard InChI is InChI=1S/C17H16Cl2O3S/c18-14-5-1-12(2-6-14)17(13-3-7-15(19)8-4-13)22-9-10-23-11-16(20)21/h1-8,17H,9-11H2,(H,20,21)/i16+2. The molecular formula is C17H16Cl2O3S. The summed E-state index contributed by atoms with van der Waals surface area (Å²) in [6.07, 6.45) is -0.241. The summed E-state index contributed by atoms with van der Waals surface area (Å²) < 4.78 is 5.98. The SMILES string of the molecule is O=[14C](O)CSCCOC(c1ccc(Cl)cc1)c1ccc(Cl)cc1. The van der Waals surface area contributed by atoms with E-state index in [9.17, 15) is 4.79 Å². The number of benzene rings is 2. The van der Waals surface area contributed by atoms with E-state index in [4.69, 9.17) is 33.0 Å². The molecule has 0 fully saturated rings. The van der Waals surface area contributed by atoms with Crippen molar-refractivity contribution in [1.29, 1.82) is 0 Å². The highest BCUT2D eigenvalue weighted by Crippen LogP contribution is 2.28. The molecule has 0 aromatic heterocycles. The van der Waals surface area contributed by atoms with Crippen LogP contribution in [0.5, 0.6) is 0 Å². The van der Waals surface area contributed by atoms with E-state index < -0.39 is 5.97 Å². The lowest BCUT2D eigenvalue weighted by Crippen LogP contribution is -2.09. The van der Waals surface area contributed by atoms with Gasteiger partial charge in [-0.2, -0.15) is 0 Å². The van der Waals surface area contributed by atoms with Crippen LogP contribution >= 0.6 is 35.0 Å². The Balaban J connectivity index is 2.07. The topological polar surface area (TPSA) is 46.5 Å². The average Bonchev–Trinajstić information content (AvgIpc) is 2.53. The molecule has 3 nitrogen and oxygen atoms in total. The highest BCUT2D eigenvalue weighted by atomic mass is 35.5. The monoisotopic (exact) mass is 372 g/mol. The molecule has 23 heavy (non-hydrogen) atoms. The molecule has 1 N–H and O–H groups in total. The summed E-state index contributed by atoms with van der Waals surface area (Å²) >= 11 is 13.2. The molecule has 0 amide bonds. The molecule has 0 spiro atoms. The van der Waals surface area contributed by atoms with Gasteiger partial charge in [0, 0.05) is 15.8 Å². The number of ether oxygens (including phenoxy) is 1. The molecule has 2 aromatic carbocycles. The summed E-state index contributed by atoms with van der Waals surface area (Å²) in [4.78, 5) is 10.5. The molecule has 0 heterocycles. The molecule has 0 radical (unpaired) electrons. The molecule has 0 unspecified atom stereocenters. The molecule has 122 valence electrons. The number of carboxylic acid groups (broad SMARTS) is 1. The summed E-state index contributed by atoms with van der Waals surface area (Å²) in [7, 11) is 0. The number of carbonyl (C=O) groups is 1. The molecular weight excluding hydrogens is 357 g/mol. The fourth-order valence-corrected chi connectivity index (χ4v) is 2.83. The van der Waals surface area contributed by atoms with Crippen molar-refractivity contribution in [2.24, 2.45) is 0 Å². The van der Waals surface area contributed by atoms with E-state index in [1.807, 2.05) is 48.5 Å². The molecule has 0 aliphatic carbocycles. The van der Waals surface area contributed by atoms with Gasteiger partial charge in [-0.15, -0.1) is 11.8 Å². The van der Waals surface area contributed by atoms with Gasteiger partial charge in [-0.05, 0) is 35.4 Å². The van der Waals surface area contributed by atoms with Crippen molar-refractivity contribution in [3.05, 3.63) is 69.7 Å². The number of halogens is 2. The van der Waals surface area contributed by atoms with Gasteiger partial charge in [-0.3, -0.25) is 4.79 Å². The Kier molecular flexibility index (Phi) is 7.24. The normalized spacial score (nSPS) is 10.9. The highest BCUT2D eigenvalue weighted by molar-refractivity contribution is 7.99. The maximum Gasteiger partial charge on any atom is 0.313 e. The average molecular weight is 373 g/mol. The summed E-state index contributed by atoms with van der Waals surface area (Å²) in [5.41, 5.74) is 1.97. The Bertz CT molecular complexity index is 584. The number of hydrogen-bond donors (Lipinski definition) is 1. The first-order valence-corrected chi connectivity index (χ1v) is 8.89. The first-order chi connectivity index (χ1) is 11.1. The van der Waals surface area contributed by atoms with Crippen LogP contribution in [0.1, 0.15) is 17.2 Å². The van der Waals surface area contributed by atoms with Gasteiger partial charge in [0.1, 0.15) is 6.10 Å². The first kappa shape index (κ1) is 18.1. The van der Waals surface area contributed by atoms with Gasteiger partial charge < -0.3 is 9.84 Å². The maximum absolute atomic E-state index is 10.5. The Morgan fingerprint density at radius 1 is 1.00 bits per heavy atom. The van der Waals surface area contributed by atoms with Crippen molar-refractivity contribution in [2.45, 2.75) is 6.10 Å². The van der Waals surface area contributed by atoms with Crippen LogP contribution in [0.25, 0.3) is 0 Å². The highest BCUT2D eigenvalue weighted by Gasteiger charge is 2.15. The second kappa shape index (κ2) is 9.18. The Morgan fingerprint density at radius 3 is 1.91 bits per heavy atom. The van der Waals surface area contributed by atoms with Crippen LogP contribution in [-0.2, 0) is 9.53 Å². The van der Waals surface area contributed by atoms with Gasteiger partial charge in [0.05, 0.1) is 12.4 Å². The van der Waals surface area contributed by atoms with Gasteiger partial charge in [0.15, 0.2) is 0 Å². The minimum Gasteiger partial charge on any atom is -0.481 e. The zero-order valence-corrected chi connectivity index (χ0v) is 14.6. The van der Waals surface area contributed by atoms with E-state index in [2.05, 4.69) is 0 Å². The lowest BCUT2D eigenvalue weighted by Gasteiger charge is -2.19. The lowest BCUT2D eigenvalue weighted by molar-refractivity contribution is -0.133. The molecule has 0 atom stereocenters. The zero-order valence-electron chi connectivity index (χ0n) is 12.2. The molecule has 0 aliphatic rings. The number of rotatable bonds is 8. The zero-order chi connectivity index (χ0) is 16.7. The fourth-order valence-electron chi connectivity index (χ4n) is 2.04. The van der Waals surface area contributed by atoms with E-state index in [-0.39, 0.29) is 11.9 Å². The van der Waals surface area contributed by atoms with Crippen LogP contribution in [0, 0.1) is 0 Å². The third-order valence-electron chi connectivity index (χ3n) is 3.08. The number of hydrogen-bond acceptors (Lipinski definition) is 3. The molecule has 0 bridgehead atoms. The van der Waals surface area contributed by atoms with Crippen LogP contribution in [0.3, 0.4) is 0 Å². The van der Waals surface area contributed by atoms with Crippen molar-refractivity contribution in [1.82, 2.24) is 0 Å². The third-order valence-corrected chi connectivity index (χ3v) is 4.49. The molecule has 6 heteroatoms. The summed E-state index contributed by atoms with van der Waals surface area (Å²) in [5, 5.41) is 9.98. The number of carboxylic acids is 1. The van der Waals surface area contributed by atoms with Gasteiger partial charge in [-0.25, -0.2) is 0 Å². The van der Waals surface area contributed by atoms with E-state index in [0.29, 0.717) is 22.4 Å². The fraction of sp³-hybridized carbons (Fsp3) is 0.235. The van der Waals surface area contributed by atoms with Crippen LogP contribution in [-0.4, -0.2) is 29.2 Å². The van der Waals surface area contributed by atoms with Crippen LogP contribution in [0.4, 0.5) is 0 Å². The first-order valence-electron chi connectivity index (χ1n) is 6.98. The van der Waals surface area contributed by atoms with Crippen molar-refractivity contribution in [3.63, 3.8) is 0 Å². The maximum atomic E-state index is 10.5. The quantitative estimate of drug-likeness (QED) is 0.668. The van der Waals surface area contributed by atoms with E-state index >= 15 is 0 Å². The Morgan fingerprint density at radius 2 is 1.48 bits per heavy atom. The summed E-state index contributed by atoms with van der Waals surface area (Å²) in [6.45, 7) is 0.452. The summed E-state index contributed by atoms with van der Waals surface area (Å²) in [6, 6.07) is 15.0. The molecule has 0 saturated heterocycles. The largest absolute Gasteiger partial charge is 0.481 e. The van der Waals surface area contributed by atoms with E-state index in [1.54, 1.807) is 0 Å². The minimum atomic E-state index is -0.818. The van der Waals surface area contributed by atoms with Crippen LogP contribution < -0.4 is 0 Å². The van der Waals surface area contributed by atoms with Crippen LogP contribution in [0.2, 0.25) is 10.0 Å². The molecule has 0 aliphatic heterocycles. The Labute approximate surface area is 149 Å². The smallest absolute Gasteiger partial charge is 0.313 e.